The van der Waals surface area contributed by atoms with Crippen molar-refractivity contribution < 1.29 is 9.53 Å². The molecule has 0 atom stereocenters. The number of ether oxygens (including phenoxy) is 1. The Morgan fingerprint density at radius 2 is 1.74 bits per heavy atom. The minimum atomic E-state index is 0.577. The van der Waals surface area contributed by atoms with Crippen LogP contribution in [0.5, 0.6) is 5.75 Å². The fourth-order valence-electron chi connectivity index (χ4n) is 2.27. The van der Waals surface area contributed by atoms with Gasteiger partial charge in [0.15, 0.2) is 0 Å². The molecule has 0 saturated heterocycles. The molecule has 0 fully saturated rings. The van der Waals surface area contributed by atoms with Gasteiger partial charge in [0.25, 0.3) is 0 Å². The van der Waals surface area contributed by atoms with Gasteiger partial charge < -0.3 is 4.74 Å². The highest BCUT2D eigenvalue weighted by Crippen LogP contribution is 2.33. The summed E-state index contributed by atoms with van der Waals surface area (Å²) in [5, 5.41) is 0.577. The summed E-state index contributed by atoms with van der Waals surface area (Å²) >= 11 is 6.23. The van der Waals surface area contributed by atoms with Crippen LogP contribution >= 0.6 is 11.6 Å². The van der Waals surface area contributed by atoms with Gasteiger partial charge in [-0.25, -0.2) is 0 Å². The molecule has 0 aliphatic heterocycles. The molecule has 2 aromatic rings. The molecule has 2 rings (SSSR count). The van der Waals surface area contributed by atoms with Crippen molar-refractivity contribution in [2.45, 2.75) is 13.8 Å². The molecule has 0 radical (unpaired) electrons. The summed E-state index contributed by atoms with van der Waals surface area (Å²) in [7, 11) is 1.67. The van der Waals surface area contributed by atoms with Crippen LogP contribution in [-0.2, 0) is 0 Å². The second-order valence-corrected chi connectivity index (χ2v) is 4.91. The van der Waals surface area contributed by atoms with Crippen molar-refractivity contribution in [3.05, 3.63) is 52.0 Å². The lowest BCUT2D eigenvalue weighted by Gasteiger charge is -2.12. The van der Waals surface area contributed by atoms with Gasteiger partial charge in [-0.3, -0.25) is 4.79 Å². The first-order valence-electron chi connectivity index (χ1n) is 5.97. The zero-order valence-corrected chi connectivity index (χ0v) is 11.9. The second-order valence-electron chi connectivity index (χ2n) is 4.50. The number of halogens is 1. The lowest BCUT2D eigenvalue weighted by atomic mass is 9.99. The van der Waals surface area contributed by atoms with E-state index in [2.05, 4.69) is 0 Å². The number of hydrogen-bond donors (Lipinski definition) is 0. The highest BCUT2D eigenvalue weighted by molar-refractivity contribution is 6.33. The van der Waals surface area contributed by atoms with E-state index in [9.17, 15) is 4.79 Å². The third kappa shape index (κ3) is 2.64. The average Bonchev–Trinajstić information content (AvgIpc) is 2.38. The van der Waals surface area contributed by atoms with Gasteiger partial charge in [-0.15, -0.1) is 0 Å². The number of rotatable bonds is 3. The number of aryl methyl sites for hydroxylation is 2. The first kappa shape index (κ1) is 13.6. The number of hydrogen-bond acceptors (Lipinski definition) is 2. The van der Waals surface area contributed by atoms with E-state index in [1.54, 1.807) is 19.2 Å². The lowest BCUT2D eigenvalue weighted by Crippen LogP contribution is -1.93. The summed E-state index contributed by atoms with van der Waals surface area (Å²) in [5.74, 6) is 0.893. The first-order chi connectivity index (χ1) is 9.06. The van der Waals surface area contributed by atoms with Gasteiger partial charge in [-0.2, -0.15) is 0 Å². The Kier molecular flexibility index (Phi) is 3.91. The highest BCUT2D eigenvalue weighted by Gasteiger charge is 2.09. The quantitative estimate of drug-likeness (QED) is 0.773. The van der Waals surface area contributed by atoms with E-state index < -0.39 is 0 Å². The second kappa shape index (κ2) is 5.45. The summed E-state index contributed by atoms with van der Waals surface area (Å²) in [5.41, 5.74) is 4.65. The van der Waals surface area contributed by atoms with Crippen LogP contribution in [-0.4, -0.2) is 13.4 Å². The minimum Gasteiger partial charge on any atom is -0.496 e. The Balaban J connectivity index is 2.56. The van der Waals surface area contributed by atoms with Crippen molar-refractivity contribution in [1.82, 2.24) is 0 Å². The Morgan fingerprint density at radius 1 is 1.11 bits per heavy atom. The zero-order chi connectivity index (χ0) is 14.0. The van der Waals surface area contributed by atoms with Crippen molar-refractivity contribution in [1.29, 1.82) is 0 Å². The average molecular weight is 275 g/mol. The lowest BCUT2D eigenvalue weighted by molar-refractivity contribution is 0.112. The van der Waals surface area contributed by atoms with E-state index in [1.165, 1.54) is 0 Å². The van der Waals surface area contributed by atoms with E-state index in [-0.39, 0.29) is 0 Å². The van der Waals surface area contributed by atoms with Gasteiger partial charge in [0.1, 0.15) is 12.0 Å². The molecule has 98 valence electrons. The van der Waals surface area contributed by atoms with E-state index in [0.717, 1.165) is 34.3 Å². The maximum absolute atomic E-state index is 10.7. The summed E-state index contributed by atoms with van der Waals surface area (Å²) < 4.78 is 5.35. The molecule has 0 bridgehead atoms. The van der Waals surface area contributed by atoms with Crippen LogP contribution < -0.4 is 4.74 Å². The molecule has 0 saturated carbocycles. The van der Waals surface area contributed by atoms with E-state index in [0.29, 0.717) is 10.6 Å². The summed E-state index contributed by atoms with van der Waals surface area (Å²) in [6.45, 7) is 4.01. The van der Waals surface area contributed by atoms with Crippen molar-refractivity contribution in [2.75, 3.05) is 7.11 Å². The fourth-order valence-corrected chi connectivity index (χ4v) is 2.56. The van der Waals surface area contributed by atoms with Crippen LogP contribution in [0.15, 0.2) is 30.3 Å². The first-order valence-corrected chi connectivity index (χ1v) is 6.35. The summed E-state index contributed by atoms with van der Waals surface area (Å²) in [6.07, 6.45) is 0.792. The van der Waals surface area contributed by atoms with Crippen molar-refractivity contribution in [2.24, 2.45) is 0 Å². The standard InChI is InChI=1S/C16H15ClO2/c1-10-6-13(7-11(2)16(10)19-3)14-5-4-12(9-18)8-15(14)17/h4-9H,1-3H3. The molecule has 2 aromatic carbocycles. The molecular formula is C16H15ClO2. The van der Waals surface area contributed by atoms with Gasteiger partial charge in [0, 0.05) is 16.1 Å². The largest absolute Gasteiger partial charge is 0.496 e. The minimum absolute atomic E-state index is 0.577. The Morgan fingerprint density at radius 3 is 2.21 bits per heavy atom. The molecule has 0 aromatic heterocycles. The Bertz CT molecular complexity index is 610. The van der Waals surface area contributed by atoms with Gasteiger partial charge >= 0.3 is 0 Å². The fraction of sp³-hybridized carbons (Fsp3) is 0.188. The van der Waals surface area contributed by atoms with Crippen LogP contribution in [0.4, 0.5) is 0 Å². The molecule has 0 aliphatic carbocycles. The maximum atomic E-state index is 10.7. The van der Waals surface area contributed by atoms with Crippen LogP contribution in [0, 0.1) is 13.8 Å². The van der Waals surface area contributed by atoms with Crippen LogP contribution in [0.1, 0.15) is 21.5 Å². The van der Waals surface area contributed by atoms with E-state index >= 15 is 0 Å². The maximum Gasteiger partial charge on any atom is 0.150 e. The molecular weight excluding hydrogens is 260 g/mol. The number of methoxy groups -OCH3 is 1. The predicted molar refractivity (Wildman–Crippen MR) is 78.3 cm³/mol. The number of benzene rings is 2. The number of aldehydes is 1. The Labute approximate surface area is 118 Å². The normalized spacial score (nSPS) is 10.3. The highest BCUT2D eigenvalue weighted by atomic mass is 35.5. The van der Waals surface area contributed by atoms with E-state index in [1.807, 2.05) is 32.0 Å². The summed E-state index contributed by atoms with van der Waals surface area (Å²) in [6, 6.07) is 9.38. The Hall–Kier alpha value is -1.80. The topological polar surface area (TPSA) is 26.3 Å². The molecule has 0 aliphatic rings. The predicted octanol–water partition coefficient (Wildman–Crippen LogP) is 4.44. The molecule has 0 spiro atoms. The smallest absolute Gasteiger partial charge is 0.150 e. The molecule has 0 amide bonds. The molecule has 0 N–H and O–H groups in total. The monoisotopic (exact) mass is 274 g/mol. The SMILES string of the molecule is COc1c(C)cc(-c2ccc(C=O)cc2Cl)cc1C. The molecule has 0 unspecified atom stereocenters. The molecule has 3 heteroatoms. The van der Waals surface area contributed by atoms with Gasteiger partial charge in [-0.05, 0) is 48.7 Å². The molecule has 19 heavy (non-hydrogen) atoms. The van der Waals surface area contributed by atoms with Crippen LogP contribution in [0.25, 0.3) is 11.1 Å². The molecule has 0 heterocycles. The van der Waals surface area contributed by atoms with E-state index in [4.69, 9.17) is 16.3 Å². The van der Waals surface area contributed by atoms with Crippen molar-refractivity contribution in [3.8, 4) is 16.9 Å². The third-order valence-corrected chi connectivity index (χ3v) is 3.42. The number of carbonyl (C=O) groups excluding carboxylic acids is 1. The molecule has 2 nitrogen and oxygen atoms in total. The van der Waals surface area contributed by atoms with Crippen LogP contribution in [0.2, 0.25) is 5.02 Å². The third-order valence-electron chi connectivity index (χ3n) is 3.10. The van der Waals surface area contributed by atoms with Gasteiger partial charge in [0.2, 0.25) is 0 Å². The van der Waals surface area contributed by atoms with Crippen molar-refractivity contribution in [3.63, 3.8) is 0 Å². The number of carbonyl (C=O) groups is 1. The van der Waals surface area contributed by atoms with Gasteiger partial charge in [0.05, 0.1) is 7.11 Å². The van der Waals surface area contributed by atoms with Gasteiger partial charge in [-0.1, -0.05) is 23.7 Å². The zero-order valence-electron chi connectivity index (χ0n) is 11.2. The summed E-state index contributed by atoms with van der Waals surface area (Å²) in [4.78, 5) is 10.7. The van der Waals surface area contributed by atoms with Crippen LogP contribution in [0.3, 0.4) is 0 Å². The van der Waals surface area contributed by atoms with Crippen molar-refractivity contribution >= 4 is 17.9 Å².